The summed E-state index contributed by atoms with van der Waals surface area (Å²) in [4.78, 5) is 6.51. The smallest absolute Gasteiger partial charge is 0.198 e. The van der Waals surface area contributed by atoms with Gasteiger partial charge in [0.2, 0.25) is 0 Å². The Kier molecular flexibility index (Phi) is 4.39. The molecule has 6 nitrogen and oxygen atoms in total. The van der Waals surface area contributed by atoms with Gasteiger partial charge in [0, 0.05) is 35.3 Å². The summed E-state index contributed by atoms with van der Waals surface area (Å²) in [6, 6.07) is 10.1. The monoisotopic (exact) mass is 359 g/mol. The number of aliphatic imine (C=N–C) groups is 1. The Hall–Kier alpha value is -2.05. The third kappa shape index (κ3) is 3.12. The van der Waals surface area contributed by atoms with E-state index in [2.05, 4.69) is 27.3 Å². The van der Waals surface area contributed by atoms with Crippen molar-refractivity contribution < 1.29 is 4.74 Å². The minimum atomic E-state index is -0.0148. The Morgan fingerprint density at radius 1 is 1.24 bits per heavy atom. The maximum Gasteiger partial charge on any atom is 0.198 e. The van der Waals surface area contributed by atoms with E-state index in [-0.39, 0.29) is 5.41 Å². The van der Waals surface area contributed by atoms with Gasteiger partial charge in [-0.25, -0.2) is 0 Å². The van der Waals surface area contributed by atoms with Gasteiger partial charge in [0.05, 0.1) is 13.2 Å². The topological polar surface area (TPSA) is 79.5 Å². The number of nitrogens with one attached hydrogen (secondary N) is 1. The number of hydrogen-bond acceptors (Lipinski definition) is 3. The molecule has 0 spiro atoms. The van der Waals surface area contributed by atoms with Gasteiger partial charge in [0.1, 0.15) is 0 Å². The maximum absolute atomic E-state index is 6.12. The van der Waals surface area contributed by atoms with Crippen molar-refractivity contribution in [2.75, 3.05) is 26.3 Å². The number of aromatic nitrogens is 2. The fourth-order valence-electron chi connectivity index (χ4n) is 3.61. The average Bonchev–Trinajstić information content (AvgIpc) is 3.05. The largest absolute Gasteiger partial charge is 0.378 e. The van der Waals surface area contributed by atoms with E-state index in [0.717, 1.165) is 36.6 Å². The zero-order chi connectivity index (χ0) is 17.3. The van der Waals surface area contributed by atoms with Gasteiger partial charge in [-0.3, -0.25) is 5.10 Å². The van der Waals surface area contributed by atoms with Crippen LogP contribution >= 0.6 is 11.6 Å². The van der Waals surface area contributed by atoms with Crippen LogP contribution in [0.4, 0.5) is 5.82 Å². The molecule has 3 N–H and O–H groups in total. The quantitative estimate of drug-likeness (QED) is 0.652. The van der Waals surface area contributed by atoms with E-state index in [9.17, 15) is 0 Å². The van der Waals surface area contributed by atoms with Gasteiger partial charge >= 0.3 is 0 Å². The van der Waals surface area contributed by atoms with E-state index in [1.165, 1.54) is 12.0 Å². The van der Waals surface area contributed by atoms with Gasteiger partial charge in [-0.15, -0.1) is 0 Å². The van der Waals surface area contributed by atoms with Crippen LogP contribution in [0.5, 0.6) is 0 Å². The van der Waals surface area contributed by atoms with Crippen molar-refractivity contribution in [2.45, 2.75) is 24.7 Å². The molecule has 2 aromatic rings. The number of nitrogens with zero attached hydrogens (tertiary/aromatic N) is 3. The van der Waals surface area contributed by atoms with Crippen molar-refractivity contribution in [2.24, 2.45) is 10.7 Å². The first-order valence-corrected chi connectivity index (χ1v) is 9.04. The van der Waals surface area contributed by atoms with Gasteiger partial charge in [-0.2, -0.15) is 10.1 Å². The van der Waals surface area contributed by atoms with Crippen LogP contribution in [0.2, 0.25) is 5.02 Å². The van der Waals surface area contributed by atoms with Crippen LogP contribution in [0.25, 0.3) is 0 Å². The predicted molar refractivity (Wildman–Crippen MR) is 98.3 cm³/mol. The molecule has 0 atom stereocenters. The van der Waals surface area contributed by atoms with Crippen molar-refractivity contribution in [3.05, 3.63) is 46.6 Å². The van der Waals surface area contributed by atoms with E-state index < -0.39 is 0 Å². The summed E-state index contributed by atoms with van der Waals surface area (Å²) in [5.74, 6) is 1.12. The molecule has 1 saturated heterocycles. The highest BCUT2D eigenvalue weighted by Crippen LogP contribution is 2.48. The van der Waals surface area contributed by atoms with Crippen LogP contribution in [-0.4, -0.2) is 47.4 Å². The summed E-state index contributed by atoms with van der Waals surface area (Å²) in [7, 11) is 0. The summed E-state index contributed by atoms with van der Waals surface area (Å²) in [6.07, 6.45) is 3.40. The number of nitrogens with two attached hydrogens (primary N) is 1. The molecule has 1 saturated carbocycles. The molecule has 25 heavy (non-hydrogen) atoms. The zero-order valence-corrected chi connectivity index (χ0v) is 14.8. The molecule has 132 valence electrons. The minimum Gasteiger partial charge on any atom is -0.378 e. The Balaban J connectivity index is 1.58. The van der Waals surface area contributed by atoms with Gasteiger partial charge in [-0.05, 0) is 30.5 Å². The van der Waals surface area contributed by atoms with E-state index >= 15 is 0 Å². The molecule has 7 heteroatoms. The van der Waals surface area contributed by atoms with Crippen molar-refractivity contribution in [1.29, 1.82) is 0 Å². The standard InChI is InChI=1S/C18H22ClN5O/c19-14-4-2-13(3-5-14)18(6-1-7-18)15-12-16(23-22-15)21-17(20)24-8-10-25-11-9-24/h2-5,12H,1,6-11H2,(H3,20,21,22,23). The number of H-pyrrole nitrogens is 1. The first kappa shape index (κ1) is 16.4. The number of hydrogen-bond donors (Lipinski definition) is 2. The first-order chi connectivity index (χ1) is 12.2. The van der Waals surface area contributed by atoms with Gasteiger partial charge in [-0.1, -0.05) is 30.2 Å². The Morgan fingerprint density at radius 3 is 2.60 bits per heavy atom. The highest BCUT2D eigenvalue weighted by molar-refractivity contribution is 6.30. The lowest BCUT2D eigenvalue weighted by molar-refractivity contribution is 0.0675. The Labute approximate surface area is 152 Å². The molecule has 2 heterocycles. The highest BCUT2D eigenvalue weighted by atomic mass is 35.5. The summed E-state index contributed by atoms with van der Waals surface area (Å²) in [6.45, 7) is 2.89. The summed E-state index contributed by atoms with van der Waals surface area (Å²) >= 11 is 6.04. The fourth-order valence-corrected chi connectivity index (χ4v) is 3.73. The number of rotatable bonds is 3. The molecule has 0 amide bonds. The van der Waals surface area contributed by atoms with Crippen LogP contribution in [-0.2, 0) is 10.2 Å². The molecule has 1 aliphatic carbocycles. The molecule has 0 bridgehead atoms. The molecule has 1 aromatic heterocycles. The SMILES string of the molecule is NC(=Nc1cc(C2(c3ccc(Cl)cc3)CCC2)[nH]n1)N1CCOCC1. The number of halogens is 1. The van der Waals surface area contributed by atoms with E-state index in [0.29, 0.717) is 25.0 Å². The van der Waals surface area contributed by atoms with Gasteiger partial charge in [0.15, 0.2) is 11.8 Å². The molecule has 4 rings (SSSR count). The predicted octanol–water partition coefficient (Wildman–Crippen LogP) is 2.81. The zero-order valence-electron chi connectivity index (χ0n) is 14.0. The molecule has 1 aliphatic heterocycles. The lowest BCUT2D eigenvalue weighted by atomic mass is 9.62. The molecular weight excluding hydrogens is 338 g/mol. The normalized spacial score (nSPS) is 20.4. The molecular formula is C18H22ClN5O. The average molecular weight is 360 g/mol. The third-order valence-electron chi connectivity index (χ3n) is 5.25. The van der Waals surface area contributed by atoms with Crippen LogP contribution in [0.1, 0.15) is 30.5 Å². The summed E-state index contributed by atoms with van der Waals surface area (Å²) in [5.41, 5.74) is 8.47. The number of morpholine rings is 1. The maximum atomic E-state index is 6.12. The van der Waals surface area contributed by atoms with Crippen LogP contribution in [0.3, 0.4) is 0 Å². The second kappa shape index (κ2) is 6.69. The number of ether oxygens (including phenoxy) is 1. The minimum absolute atomic E-state index is 0.0148. The molecule has 0 radical (unpaired) electrons. The molecule has 2 fully saturated rings. The van der Waals surface area contributed by atoms with Crippen LogP contribution < -0.4 is 5.73 Å². The number of benzene rings is 1. The van der Waals surface area contributed by atoms with E-state index in [4.69, 9.17) is 22.1 Å². The Bertz CT molecular complexity index is 760. The summed E-state index contributed by atoms with van der Waals surface area (Å²) in [5, 5.41) is 8.30. The van der Waals surface area contributed by atoms with Gasteiger partial charge in [0.25, 0.3) is 0 Å². The fraction of sp³-hybridized carbons (Fsp3) is 0.444. The number of guanidine groups is 1. The first-order valence-electron chi connectivity index (χ1n) is 8.66. The second-order valence-corrected chi connectivity index (χ2v) is 7.09. The molecule has 2 aliphatic rings. The lowest BCUT2D eigenvalue weighted by Crippen LogP contribution is -2.44. The van der Waals surface area contributed by atoms with E-state index in [1.54, 1.807) is 0 Å². The van der Waals surface area contributed by atoms with Crippen molar-refractivity contribution >= 4 is 23.4 Å². The molecule has 0 unspecified atom stereocenters. The van der Waals surface area contributed by atoms with Crippen LogP contribution in [0, 0.1) is 0 Å². The third-order valence-corrected chi connectivity index (χ3v) is 5.50. The van der Waals surface area contributed by atoms with Crippen molar-refractivity contribution in [1.82, 2.24) is 15.1 Å². The lowest BCUT2D eigenvalue weighted by Gasteiger charge is -2.41. The van der Waals surface area contributed by atoms with Crippen molar-refractivity contribution in [3.8, 4) is 0 Å². The van der Waals surface area contributed by atoms with Crippen LogP contribution in [0.15, 0.2) is 35.3 Å². The number of aromatic amines is 1. The summed E-state index contributed by atoms with van der Waals surface area (Å²) < 4.78 is 5.34. The van der Waals surface area contributed by atoms with E-state index in [1.807, 2.05) is 23.1 Å². The van der Waals surface area contributed by atoms with Gasteiger partial charge < -0.3 is 15.4 Å². The Morgan fingerprint density at radius 2 is 1.96 bits per heavy atom. The van der Waals surface area contributed by atoms with Crippen molar-refractivity contribution in [3.63, 3.8) is 0 Å². The highest BCUT2D eigenvalue weighted by Gasteiger charge is 2.41. The second-order valence-electron chi connectivity index (χ2n) is 6.65. The molecule has 1 aromatic carbocycles.